The number of rotatable bonds is 8. The fourth-order valence-corrected chi connectivity index (χ4v) is 2.91. The maximum absolute atomic E-state index is 11.9. The van der Waals surface area contributed by atoms with Crippen molar-refractivity contribution in [2.75, 3.05) is 18.6 Å². The van der Waals surface area contributed by atoms with E-state index in [2.05, 4.69) is 5.32 Å². The number of hydrogen-bond acceptors (Lipinski definition) is 3. The summed E-state index contributed by atoms with van der Waals surface area (Å²) in [5.41, 5.74) is 0.873. The molecule has 0 saturated heterocycles. The molecular formula is C14H19Cl2NO2S. The van der Waals surface area contributed by atoms with Gasteiger partial charge in [0.05, 0.1) is 10.0 Å². The van der Waals surface area contributed by atoms with Gasteiger partial charge in [-0.2, -0.15) is 11.8 Å². The largest absolute Gasteiger partial charge is 0.396 e. The topological polar surface area (TPSA) is 49.3 Å². The first-order valence-corrected chi connectivity index (χ1v) is 8.55. The number of hydrogen-bond donors (Lipinski definition) is 2. The van der Waals surface area contributed by atoms with E-state index >= 15 is 0 Å². The van der Waals surface area contributed by atoms with E-state index in [0.717, 1.165) is 11.3 Å². The van der Waals surface area contributed by atoms with E-state index in [1.54, 1.807) is 17.8 Å². The highest BCUT2D eigenvalue weighted by molar-refractivity contribution is 7.98. The van der Waals surface area contributed by atoms with E-state index in [0.29, 0.717) is 29.3 Å². The highest BCUT2D eigenvalue weighted by Gasteiger charge is 2.12. The van der Waals surface area contributed by atoms with Gasteiger partial charge >= 0.3 is 0 Å². The Morgan fingerprint density at radius 2 is 2.20 bits per heavy atom. The molecule has 3 nitrogen and oxygen atoms in total. The molecule has 0 radical (unpaired) electrons. The van der Waals surface area contributed by atoms with Crippen molar-refractivity contribution in [2.45, 2.75) is 25.3 Å². The van der Waals surface area contributed by atoms with E-state index in [9.17, 15) is 4.79 Å². The van der Waals surface area contributed by atoms with Crippen molar-refractivity contribution in [3.05, 3.63) is 33.8 Å². The Labute approximate surface area is 134 Å². The zero-order chi connectivity index (χ0) is 15.0. The predicted molar refractivity (Wildman–Crippen MR) is 86.8 cm³/mol. The second-order valence-corrected chi connectivity index (χ2v) is 6.14. The number of aliphatic hydroxyl groups is 1. The van der Waals surface area contributed by atoms with Crippen LogP contribution in [-0.4, -0.2) is 35.7 Å². The molecule has 112 valence electrons. The van der Waals surface area contributed by atoms with Crippen LogP contribution in [0.3, 0.4) is 0 Å². The van der Waals surface area contributed by atoms with Crippen LogP contribution in [0.1, 0.15) is 18.4 Å². The maximum Gasteiger partial charge on any atom is 0.220 e. The molecule has 0 heterocycles. The average molecular weight is 336 g/mol. The Kier molecular flexibility index (Phi) is 8.38. The molecule has 0 spiro atoms. The molecule has 0 fully saturated rings. The number of halogens is 2. The summed E-state index contributed by atoms with van der Waals surface area (Å²) in [4.78, 5) is 11.9. The Morgan fingerprint density at radius 1 is 1.45 bits per heavy atom. The third-order valence-corrected chi connectivity index (χ3v) is 4.46. The van der Waals surface area contributed by atoms with Gasteiger partial charge in [0.2, 0.25) is 5.91 Å². The number of aryl methyl sites for hydroxylation is 1. The minimum atomic E-state index is -0.0338. The molecule has 1 aromatic carbocycles. The molecule has 1 unspecified atom stereocenters. The Bertz CT molecular complexity index is 437. The van der Waals surface area contributed by atoms with Crippen LogP contribution in [0.4, 0.5) is 0 Å². The molecule has 1 aromatic rings. The van der Waals surface area contributed by atoms with E-state index in [1.165, 1.54) is 0 Å². The molecule has 0 aliphatic carbocycles. The van der Waals surface area contributed by atoms with Crippen molar-refractivity contribution in [1.29, 1.82) is 0 Å². The van der Waals surface area contributed by atoms with Gasteiger partial charge in [-0.1, -0.05) is 35.3 Å². The molecule has 1 amide bonds. The molecule has 0 bridgehead atoms. The quantitative estimate of drug-likeness (QED) is 0.767. The molecule has 0 aliphatic heterocycles. The fourth-order valence-electron chi connectivity index (χ4n) is 1.84. The highest BCUT2D eigenvalue weighted by Crippen LogP contribution is 2.26. The first-order valence-electron chi connectivity index (χ1n) is 6.40. The summed E-state index contributed by atoms with van der Waals surface area (Å²) in [6, 6.07) is 5.43. The lowest BCUT2D eigenvalue weighted by atomic mass is 10.1. The highest BCUT2D eigenvalue weighted by atomic mass is 35.5. The first-order chi connectivity index (χ1) is 9.58. The van der Waals surface area contributed by atoms with Crippen molar-refractivity contribution in [3.8, 4) is 0 Å². The molecule has 6 heteroatoms. The number of thioether (sulfide) groups is 1. The standard InChI is InChI=1S/C14H19Cl2NO2S/c1-20-9-11(7-8-18)17-13(19)6-5-10-3-2-4-12(15)14(10)16/h2-4,11,18H,5-9H2,1H3,(H,17,19). The summed E-state index contributed by atoms with van der Waals surface area (Å²) in [6.07, 6.45) is 3.46. The number of carbonyl (C=O) groups is 1. The molecule has 0 aliphatic rings. The smallest absolute Gasteiger partial charge is 0.220 e. The van der Waals surface area contributed by atoms with Gasteiger partial charge < -0.3 is 10.4 Å². The zero-order valence-electron chi connectivity index (χ0n) is 11.4. The van der Waals surface area contributed by atoms with Gasteiger partial charge in [0.1, 0.15) is 0 Å². The SMILES string of the molecule is CSCC(CCO)NC(=O)CCc1cccc(Cl)c1Cl. The molecular weight excluding hydrogens is 317 g/mol. The monoisotopic (exact) mass is 335 g/mol. The second-order valence-electron chi connectivity index (χ2n) is 4.45. The van der Waals surface area contributed by atoms with Gasteiger partial charge in [-0.05, 0) is 30.7 Å². The molecule has 20 heavy (non-hydrogen) atoms. The third-order valence-electron chi connectivity index (χ3n) is 2.86. The van der Waals surface area contributed by atoms with Gasteiger partial charge in [0.15, 0.2) is 0 Å². The summed E-state index contributed by atoms with van der Waals surface area (Å²) >= 11 is 13.7. The third kappa shape index (κ3) is 5.92. The van der Waals surface area contributed by atoms with Crippen LogP contribution in [0.5, 0.6) is 0 Å². The number of benzene rings is 1. The summed E-state index contributed by atoms with van der Waals surface area (Å²) in [5.74, 6) is 0.762. The van der Waals surface area contributed by atoms with E-state index in [-0.39, 0.29) is 18.6 Å². The summed E-state index contributed by atoms with van der Waals surface area (Å²) in [5, 5.41) is 12.9. The van der Waals surface area contributed by atoms with Gasteiger partial charge in [0, 0.05) is 24.8 Å². The molecule has 2 N–H and O–H groups in total. The van der Waals surface area contributed by atoms with E-state index < -0.39 is 0 Å². The Hall–Kier alpha value is -0.420. The van der Waals surface area contributed by atoms with Crippen LogP contribution in [0, 0.1) is 0 Å². The molecule has 0 saturated carbocycles. The van der Waals surface area contributed by atoms with Crippen LogP contribution in [0.25, 0.3) is 0 Å². The summed E-state index contributed by atoms with van der Waals surface area (Å²) in [6.45, 7) is 0.0750. The normalized spacial score (nSPS) is 12.2. The van der Waals surface area contributed by atoms with Gasteiger partial charge in [-0.3, -0.25) is 4.79 Å². The first kappa shape index (κ1) is 17.6. The molecule has 1 rings (SSSR count). The van der Waals surface area contributed by atoms with Crippen LogP contribution in [0.15, 0.2) is 18.2 Å². The lowest BCUT2D eigenvalue weighted by Crippen LogP contribution is -2.37. The lowest BCUT2D eigenvalue weighted by molar-refractivity contribution is -0.121. The van der Waals surface area contributed by atoms with Gasteiger partial charge in [0.25, 0.3) is 0 Å². The molecule has 1 atom stereocenters. The molecule has 0 aromatic heterocycles. The van der Waals surface area contributed by atoms with Gasteiger partial charge in [-0.15, -0.1) is 0 Å². The fraction of sp³-hybridized carbons (Fsp3) is 0.500. The minimum absolute atomic E-state index is 0.0114. The number of carbonyl (C=O) groups excluding carboxylic acids is 1. The number of amides is 1. The maximum atomic E-state index is 11.9. The minimum Gasteiger partial charge on any atom is -0.396 e. The number of aliphatic hydroxyl groups excluding tert-OH is 1. The van der Waals surface area contributed by atoms with Crippen LogP contribution >= 0.6 is 35.0 Å². The van der Waals surface area contributed by atoms with Crippen molar-refractivity contribution < 1.29 is 9.90 Å². The van der Waals surface area contributed by atoms with Crippen molar-refractivity contribution in [1.82, 2.24) is 5.32 Å². The van der Waals surface area contributed by atoms with Crippen molar-refractivity contribution in [2.24, 2.45) is 0 Å². The Morgan fingerprint density at radius 3 is 2.85 bits per heavy atom. The Balaban J connectivity index is 2.48. The second kappa shape index (κ2) is 9.50. The van der Waals surface area contributed by atoms with Gasteiger partial charge in [-0.25, -0.2) is 0 Å². The predicted octanol–water partition coefficient (Wildman–Crippen LogP) is 3.16. The van der Waals surface area contributed by atoms with Crippen LogP contribution in [-0.2, 0) is 11.2 Å². The van der Waals surface area contributed by atoms with E-state index in [1.807, 2.05) is 18.4 Å². The van der Waals surface area contributed by atoms with Crippen molar-refractivity contribution >= 4 is 40.9 Å². The van der Waals surface area contributed by atoms with Crippen LogP contribution < -0.4 is 5.32 Å². The zero-order valence-corrected chi connectivity index (χ0v) is 13.7. The lowest BCUT2D eigenvalue weighted by Gasteiger charge is -2.16. The van der Waals surface area contributed by atoms with Crippen LogP contribution in [0.2, 0.25) is 10.0 Å². The van der Waals surface area contributed by atoms with E-state index in [4.69, 9.17) is 28.3 Å². The average Bonchev–Trinajstić information content (AvgIpc) is 2.41. The summed E-state index contributed by atoms with van der Waals surface area (Å²) in [7, 11) is 0. The number of nitrogens with one attached hydrogen (secondary N) is 1. The van der Waals surface area contributed by atoms with Crippen molar-refractivity contribution in [3.63, 3.8) is 0 Å². The summed E-state index contributed by atoms with van der Waals surface area (Å²) < 4.78 is 0.